The molecule has 9 nitrogen and oxygen atoms in total. The third kappa shape index (κ3) is 4.32. The highest BCUT2D eigenvalue weighted by atomic mass is 16.5. The number of benzene rings is 1. The molecule has 0 unspecified atom stereocenters. The lowest BCUT2D eigenvalue weighted by atomic mass is 9.95. The van der Waals surface area contributed by atoms with Gasteiger partial charge in [-0.15, -0.1) is 0 Å². The molecule has 0 bridgehead atoms. The zero-order valence-corrected chi connectivity index (χ0v) is 19.0. The largest absolute Gasteiger partial charge is 0.383 e. The van der Waals surface area contributed by atoms with Crippen molar-refractivity contribution >= 4 is 17.6 Å². The molecule has 1 aromatic carbocycles. The molecule has 5 rings (SSSR count). The predicted molar refractivity (Wildman–Crippen MR) is 127 cm³/mol. The average molecular weight is 450 g/mol. The Hall–Kier alpha value is -3.33. The zero-order valence-electron chi connectivity index (χ0n) is 19.0. The van der Waals surface area contributed by atoms with Gasteiger partial charge in [0, 0.05) is 61.9 Å². The summed E-state index contributed by atoms with van der Waals surface area (Å²) in [6, 6.07) is 6.23. The Morgan fingerprint density at radius 3 is 2.88 bits per heavy atom. The maximum atomic E-state index is 11.9. The number of amidine groups is 1. The van der Waals surface area contributed by atoms with E-state index in [1.54, 1.807) is 9.58 Å². The van der Waals surface area contributed by atoms with Crippen LogP contribution in [-0.4, -0.2) is 65.4 Å². The first-order chi connectivity index (χ1) is 16.0. The van der Waals surface area contributed by atoms with Crippen LogP contribution in [0, 0.1) is 5.41 Å². The van der Waals surface area contributed by atoms with Crippen LogP contribution in [-0.2, 0) is 18.2 Å². The Kier molecular flexibility index (Phi) is 5.80. The van der Waals surface area contributed by atoms with Crippen LogP contribution in [0.1, 0.15) is 24.8 Å². The number of aryl methyl sites for hydroxylation is 2. The summed E-state index contributed by atoms with van der Waals surface area (Å²) in [4.78, 5) is 15.6. The lowest BCUT2D eigenvalue weighted by Crippen LogP contribution is -2.47. The molecule has 1 fully saturated rings. The van der Waals surface area contributed by atoms with Gasteiger partial charge in [0.15, 0.2) is 0 Å². The molecule has 33 heavy (non-hydrogen) atoms. The van der Waals surface area contributed by atoms with Crippen molar-refractivity contribution in [1.29, 1.82) is 5.41 Å². The summed E-state index contributed by atoms with van der Waals surface area (Å²) in [6.07, 6.45) is 7.45. The second kappa shape index (κ2) is 8.90. The zero-order chi connectivity index (χ0) is 22.9. The minimum Gasteiger partial charge on any atom is -0.383 e. The van der Waals surface area contributed by atoms with Crippen LogP contribution in [0.2, 0.25) is 0 Å². The number of primary amides is 1. The first-order valence-corrected chi connectivity index (χ1v) is 11.6. The minimum atomic E-state index is -0.441. The van der Waals surface area contributed by atoms with Crippen molar-refractivity contribution in [1.82, 2.24) is 20.0 Å². The second-order valence-corrected chi connectivity index (χ2v) is 9.02. The molecule has 3 aliphatic heterocycles. The lowest BCUT2D eigenvalue weighted by Gasteiger charge is -2.37. The van der Waals surface area contributed by atoms with Gasteiger partial charge >= 0.3 is 6.03 Å². The predicted octanol–water partition coefficient (Wildman–Crippen LogP) is 2.23. The van der Waals surface area contributed by atoms with E-state index >= 15 is 0 Å². The number of anilines is 1. The molecule has 1 atom stereocenters. The van der Waals surface area contributed by atoms with Gasteiger partial charge in [0.2, 0.25) is 0 Å². The molecular formula is C24H31N7O2. The van der Waals surface area contributed by atoms with Crippen LogP contribution >= 0.6 is 0 Å². The van der Waals surface area contributed by atoms with E-state index in [1.807, 2.05) is 19.4 Å². The number of hydrogen-bond acceptors (Lipinski definition) is 5. The SMILES string of the molecule is Cn1cc(-c2ccc3c(c2)CCCN3C(=N)C2=C(N[C@H]3CCOC3)CCN(C(N)=O)C2)cn1. The summed E-state index contributed by atoms with van der Waals surface area (Å²) >= 11 is 0. The Balaban J connectivity index is 1.45. The van der Waals surface area contributed by atoms with Crippen molar-refractivity contribution in [3.05, 3.63) is 47.4 Å². The molecule has 0 aliphatic carbocycles. The van der Waals surface area contributed by atoms with E-state index in [0.29, 0.717) is 32.0 Å². The number of nitrogens with two attached hydrogens (primary N) is 1. The molecule has 3 aliphatic rings. The van der Waals surface area contributed by atoms with Gasteiger partial charge in [0.05, 0.1) is 25.4 Å². The van der Waals surface area contributed by atoms with Crippen molar-refractivity contribution < 1.29 is 9.53 Å². The maximum absolute atomic E-state index is 11.9. The van der Waals surface area contributed by atoms with Crippen molar-refractivity contribution in [2.75, 3.05) is 37.7 Å². The number of fused-ring (bicyclic) bond motifs is 1. The third-order valence-electron chi connectivity index (χ3n) is 6.76. The first kappa shape index (κ1) is 21.5. The van der Waals surface area contributed by atoms with E-state index in [2.05, 4.69) is 33.5 Å². The first-order valence-electron chi connectivity index (χ1n) is 11.6. The monoisotopic (exact) mass is 449 g/mol. The highest BCUT2D eigenvalue weighted by Gasteiger charge is 2.30. The van der Waals surface area contributed by atoms with Crippen molar-refractivity contribution in [3.8, 4) is 11.1 Å². The van der Waals surface area contributed by atoms with Gasteiger partial charge in [-0.05, 0) is 42.5 Å². The van der Waals surface area contributed by atoms with Crippen LogP contribution in [0.3, 0.4) is 0 Å². The average Bonchev–Trinajstić information content (AvgIpc) is 3.49. The Morgan fingerprint density at radius 1 is 1.27 bits per heavy atom. The number of nitrogens with zero attached hydrogens (tertiary/aromatic N) is 4. The number of amides is 2. The normalized spacial score (nSPS) is 20.7. The fourth-order valence-electron chi connectivity index (χ4n) is 4.97. The Bertz CT molecular complexity index is 1100. The molecule has 0 saturated carbocycles. The van der Waals surface area contributed by atoms with Gasteiger partial charge < -0.3 is 25.6 Å². The number of urea groups is 1. The molecule has 0 radical (unpaired) electrons. The highest BCUT2D eigenvalue weighted by Crippen LogP contribution is 2.33. The summed E-state index contributed by atoms with van der Waals surface area (Å²) in [6.45, 7) is 3.12. The van der Waals surface area contributed by atoms with Crippen molar-refractivity contribution in [3.63, 3.8) is 0 Å². The number of rotatable bonds is 4. The fourth-order valence-corrected chi connectivity index (χ4v) is 4.97. The minimum absolute atomic E-state index is 0.249. The third-order valence-corrected chi connectivity index (χ3v) is 6.76. The number of carbonyl (C=O) groups is 1. The van der Waals surface area contributed by atoms with Gasteiger partial charge in [-0.2, -0.15) is 5.10 Å². The van der Waals surface area contributed by atoms with Crippen molar-refractivity contribution in [2.24, 2.45) is 12.8 Å². The number of aromatic nitrogens is 2. The molecule has 4 N–H and O–H groups in total. The van der Waals surface area contributed by atoms with E-state index in [4.69, 9.17) is 15.9 Å². The van der Waals surface area contributed by atoms with Gasteiger partial charge in [-0.1, -0.05) is 6.07 Å². The van der Waals surface area contributed by atoms with Gasteiger partial charge in [0.25, 0.3) is 0 Å². The quantitative estimate of drug-likeness (QED) is 0.490. The molecule has 174 valence electrons. The fraction of sp³-hybridized carbons (Fsp3) is 0.458. The topological polar surface area (TPSA) is 113 Å². The Labute approximate surface area is 193 Å². The Morgan fingerprint density at radius 2 is 2.15 bits per heavy atom. The van der Waals surface area contributed by atoms with Crippen LogP contribution in [0.4, 0.5) is 10.5 Å². The van der Waals surface area contributed by atoms with Crippen LogP contribution in [0.5, 0.6) is 0 Å². The molecule has 4 heterocycles. The smallest absolute Gasteiger partial charge is 0.315 e. The van der Waals surface area contributed by atoms with Crippen LogP contribution < -0.4 is 16.0 Å². The molecule has 9 heteroatoms. The standard InChI is InChI=1S/C24H31N7O2/c1-29-13-18(12-27-29)16-4-5-22-17(11-16)3-2-8-31(22)23(25)20-14-30(24(26)32)9-6-21(20)28-19-7-10-33-15-19/h4-5,11-13,19,25,28H,2-3,6-10,14-15H2,1H3,(H2,26,32)/t19-/m0/s1. The molecule has 2 amide bonds. The highest BCUT2D eigenvalue weighted by molar-refractivity contribution is 6.09. The summed E-state index contributed by atoms with van der Waals surface area (Å²) in [5.74, 6) is 0.442. The molecular weight excluding hydrogens is 418 g/mol. The molecule has 1 aromatic heterocycles. The van der Waals surface area contributed by atoms with Crippen LogP contribution in [0.15, 0.2) is 41.9 Å². The van der Waals surface area contributed by atoms with E-state index in [1.165, 1.54) is 5.56 Å². The van der Waals surface area contributed by atoms with E-state index in [0.717, 1.165) is 60.5 Å². The summed E-state index contributed by atoms with van der Waals surface area (Å²) < 4.78 is 7.33. The summed E-state index contributed by atoms with van der Waals surface area (Å²) in [7, 11) is 1.92. The second-order valence-electron chi connectivity index (χ2n) is 9.02. The molecule has 2 aromatic rings. The number of ether oxygens (including phenoxy) is 1. The lowest BCUT2D eigenvalue weighted by molar-refractivity contribution is 0.190. The van der Waals surface area contributed by atoms with Gasteiger partial charge in [-0.25, -0.2) is 4.79 Å². The van der Waals surface area contributed by atoms with Crippen LogP contribution in [0.25, 0.3) is 11.1 Å². The molecule has 0 spiro atoms. The number of hydrogen-bond donors (Lipinski definition) is 3. The molecule has 1 saturated heterocycles. The number of carbonyl (C=O) groups excluding carboxylic acids is 1. The van der Waals surface area contributed by atoms with Gasteiger partial charge in [0.1, 0.15) is 5.84 Å². The van der Waals surface area contributed by atoms with E-state index in [-0.39, 0.29) is 6.04 Å². The van der Waals surface area contributed by atoms with E-state index in [9.17, 15) is 4.79 Å². The van der Waals surface area contributed by atoms with Crippen molar-refractivity contribution in [2.45, 2.75) is 31.7 Å². The van der Waals surface area contributed by atoms with E-state index < -0.39 is 6.03 Å². The maximum Gasteiger partial charge on any atom is 0.315 e. The summed E-state index contributed by atoms with van der Waals surface area (Å²) in [5.41, 5.74) is 12.0. The summed E-state index contributed by atoms with van der Waals surface area (Å²) in [5, 5.41) is 17.1. The van der Waals surface area contributed by atoms with Gasteiger partial charge in [-0.3, -0.25) is 10.1 Å². The number of nitrogens with one attached hydrogen (secondary N) is 2.